The Labute approximate surface area is 187 Å². The van der Waals surface area contributed by atoms with Crippen LogP contribution in [0.15, 0.2) is 72.2 Å². The lowest BCUT2D eigenvalue weighted by Crippen LogP contribution is -2.15. The van der Waals surface area contributed by atoms with Gasteiger partial charge < -0.3 is 5.32 Å². The van der Waals surface area contributed by atoms with Crippen LogP contribution < -0.4 is 5.32 Å². The van der Waals surface area contributed by atoms with E-state index in [0.717, 1.165) is 27.2 Å². The molecule has 0 aliphatic carbocycles. The molecule has 3 aromatic heterocycles. The fourth-order valence-electron chi connectivity index (χ4n) is 3.49. The van der Waals surface area contributed by atoms with Gasteiger partial charge in [0.25, 0.3) is 0 Å². The van der Waals surface area contributed by atoms with Crippen molar-refractivity contribution in [2.75, 3.05) is 5.32 Å². The molecule has 3 heterocycles. The number of nitrogens with zero attached hydrogens (tertiary/aromatic N) is 4. The highest BCUT2D eigenvalue weighted by Crippen LogP contribution is 2.28. The minimum absolute atomic E-state index is 0.0468. The molecular weight excluding hydrogens is 425 g/mol. The number of anilines is 1. The number of thiazole rings is 1. The van der Waals surface area contributed by atoms with Crippen molar-refractivity contribution in [1.82, 2.24) is 19.7 Å². The van der Waals surface area contributed by atoms with E-state index in [-0.39, 0.29) is 12.3 Å². The molecule has 32 heavy (non-hydrogen) atoms. The molecule has 2 aromatic carbocycles. The normalized spacial score (nSPS) is 11.1. The van der Waals surface area contributed by atoms with Crippen LogP contribution in [0.1, 0.15) is 11.4 Å². The first-order chi connectivity index (χ1) is 15.5. The average molecular weight is 444 g/mol. The molecular formula is C24H18FN5OS. The van der Waals surface area contributed by atoms with Crippen molar-refractivity contribution >= 4 is 33.1 Å². The number of carbonyl (C=O) groups excluding carboxylic acids is 1. The second-order valence-electron chi connectivity index (χ2n) is 7.34. The Hall–Kier alpha value is -3.91. The zero-order valence-corrected chi connectivity index (χ0v) is 17.9. The third kappa shape index (κ3) is 4.13. The standard InChI is InChI=1S/C24H18FN5OS/c1-15-4-2-7-23(27-15)30-21(16-8-9-20-22(10-16)32-14-26-20)12-19(29-30)13-24(31)28-18-6-3-5-17(25)11-18/h2-12,14H,13H2,1H3,(H,28,31). The highest BCUT2D eigenvalue weighted by atomic mass is 32.1. The van der Waals surface area contributed by atoms with Crippen LogP contribution in [0.3, 0.4) is 0 Å². The van der Waals surface area contributed by atoms with E-state index in [2.05, 4.69) is 26.4 Å². The smallest absolute Gasteiger partial charge is 0.230 e. The maximum atomic E-state index is 13.4. The van der Waals surface area contributed by atoms with Crippen LogP contribution in [0.4, 0.5) is 10.1 Å². The van der Waals surface area contributed by atoms with Gasteiger partial charge >= 0.3 is 0 Å². The van der Waals surface area contributed by atoms with Gasteiger partial charge in [0.05, 0.1) is 33.5 Å². The van der Waals surface area contributed by atoms with E-state index in [0.29, 0.717) is 17.2 Å². The van der Waals surface area contributed by atoms with E-state index >= 15 is 0 Å². The predicted molar refractivity (Wildman–Crippen MR) is 123 cm³/mol. The fourth-order valence-corrected chi connectivity index (χ4v) is 4.21. The molecule has 1 amide bonds. The second kappa shape index (κ2) is 8.32. The van der Waals surface area contributed by atoms with Crippen molar-refractivity contribution in [3.63, 3.8) is 0 Å². The van der Waals surface area contributed by atoms with Crippen molar-refractivity contribution in [1.29, 1.82) is 0 Å². The summed E-state index contributed by atoms with van der Waals surface area (Å²) in [5, 5.41) is 7.39. The first-order valence-corrected chi connectivity index (χ1v) is 10.9. The van der Waals surface area contributed by atoms with Gasteiger partial charge in [-0.05, 0) is 55.5 Å². The van der Waals surface area contributed by atoms with Crippen LogP contribution in [0.5, 0.6) is 0 Å². The summed E-state index contributed by atoms with van der Waals surface area (Å²) >= 11 is 1.57. The minimum atomic E-state index is -0.404. The summed E-state index contributed by atoms with van der Waals surface area (Å²) in [5.74, 6) is -0.0126. The van der Waals surface area contributed by atoms with Crippen molar-refractivity contribution in [2.24, 2.45) is 0 Å². The lowest BCUT2D eigenvalue weighted by atomic mass is 10.1. The van der Waals surface area contributed by atoms with Gasteiger partial charge in [0.15, 0.2) is 5.82 Å². The number of rotatable bonds is 5. The Morgan fingerprint density at radius 2 is 1.97 bits per heavy atom. The van der Waals surface area contributed by atoms with E-state index in [4.69, 9.17) is 0 Å². The van der Waals surface area contributed by atoms with Gasteiger partial charge in [-0.2, -0.15) is 5.10 Å². The highest BCUT2D eigenvalue weighted by Gasteiger charge is 2.16. The SMILES string of the molecule is Cc1cccc(-n2nc(CC(=O)Nc3cccc(F)c3)cc2-c2ccc3ncsc3c2)n1. The molecule has 0 aliphatic heterocycles. The van der Waals surface area contributed by atoms with Crippen molar-refractivity contribution < 1.29 is 9.18 Å². The second-order valence-corrected chi connectivity index (χ2v) is 8.23. The number of amides is 1. The summed E-state index contributed by atoms with van der Waals surface area (Å²) in [6.07, 6.45) is 0.0468. The number of carbonyl (C=O) groups is 1. The Morgan fingerprint density at radius 1 is 1.09 bits per heavy atom. The predicted octanol–water partition coefficient (Wildman–Crippen LogP) is 5.17. The number of pyridine rings is 1. The molecule has 0 aliphatic rings. The van der Waals surface area contributed by atoms with Gasteiger partial charge in [0, 0.05) is 16.9 Å². The number of halogens is 1. The van der Waals surface area contributed by atoms with Gasteiger partial charge in [-0.15, -0.1) is 11.3 Å². The molecule has 0 atom stereocenters. The molecule has 0 saturated heterocycles. The molecule has 0 fully saturated rings. The van der Waals surface area contributed by atoms with Crippen LogP contribution in [0.2, 0.25) is 0 Å². The van der Waals surface area contributed by atoms with Crippen molar-refractivity contribution in [2.45, 2.75) is 13.3 Å². The fraction of sp³-hybridized carbons (Fsp3) is 0.0833. The number of fused-ring (bicyclic) bond motifs is 1. The Kier molecular flexibility index (Phi) is 5.20. The average Bonchev–Trinajstić information content (AvgIpc) is 3.40. The zero-order chi connectivity index (χ0) is 22.1. The summed E-state index contributed by atoms with van der Waals surface area (Å²) < 4.78 is 16.2. The Morgan fingerprint density at radius 3 is 2.81 bits per heavy atom. The first-order valence-electron chi connectivity index (χ1n) is 9.97. The van der Waals surface area contributed by atoms with Crippen LogP contribution >= 0.6 is 11.3 Å². The number of benzene rings is 2. The molecule has 0 radical (unpaired) electrons. The van der Waals surface area contributed by atoms with E-state index in [1.165, 1.54) is 12.1 Å². The first kappa shape index (κ1) is 20.0. The number of aromatic nitrogens is 4. The van der Waals surface area contributed by atoms with Crippen LogP contribution in [-0.4, -0.2) is 25.7 Å². The molecule has 0 unspecified atom stereocenters. The van der Waals surface area contributed by atoms with Gasteiger partial charge in [0.2, 0.25) is 5.91 Å². The number of hydrogen-bond donors (Lipinski definition) is 1. The number of nitrogens with one attached hydrogen (secondary N) is 1. The third-order valence-electron chi connectivity index (χ3n) is 4.93. The molecule has 0 saturated carbocycles. The van der Waals surface area contributed by atoms with Gasteiger partial charge in [-0.1, -0.05) is 18.2 Å². The van der Waals surface area contributed by atoms with Crippen LogP contribution in [0, 0.1) is 12.7 Å². The third-order valence-corrected chi connectivity index (χ3v) is 5.72. The zero-order valence-electron chi connectivity index (χ0n) is 17.1. The quantitative estimate of drug-likeness (QED) is 0.407. The topological polar surface area (TPSA) is 72.7 Å². The highest BCUT2D eigenvalue weighted by molar-refractivity contribution is 7.16. The maximum Gasteiger partial charge on any atom is 0.230 e. The van der Waals surface area contributed by atoms with Gasteiger partial charge in [-0.25, -0.2) is 19.0 Å². The summed E-state index contributed by atoms with van der Waals surface area (Å²) in [6.45, 7) is 1.92. The summed E-state index contributed by atoms with van der Waals surface area (Å²) in [4.78, 5) is 21.5. The largest absolute Gasteiger partial charge is 0.326 e. The Bertz CT molecular complexity index is 1440. The van der Waals surface area contributed by atoms with E-state index in [1.54, 1.807) is 28.2 Å². The molecule has 158 valence electrons. The van der Waals surface area contributed by atoms with Crippen molar-refractivity contribution in [3.05, 3.63) is 89.4 Å². The van der Waals surface area contributed by atoms with Gasteiger partial charge in [0.1, 0.15) is 5.82 Å². The van der Waals surface area contributed by atoms with Crippen LogP contribution in [-0.2, 0) is 11.2 Å². The maximum absolute atomic E-state index is 13.4. The van der Waals surface area contributed by atoms with E-state index in [1.807, 2.05) is 48.8 Å². The molecule has 1 N–H and O–H groups in total. The molecule has 6 nitrogen and oxygen atoms in total. The van der Waals surface area contributed by atoms with E-state index < -0.39 is 5.82 Å². The van der Waals surface area contributed by atoms with Crippen molar-refractivity contribution in [3.8, 4) is 17.1 Å². The molecule has 0 spiro atoms. The molecule has 5 aromatic rings. The number of aryl methyl sites for hydroxylation is 1. The van der Waals surface area contributed by atoms with E-state index in [9.17, 15) is 9.18 Å². The Balaban J connectivity index is 1.51. The minimum Gasteiger partial charge on any atom is -0.326 e. The summed E-state index contributed by atoms with van der Waals surface area (Å²) in [7, 11) is 0. The number of hydrogen-bond acceptors (Lipinski definition) is 5. The lowest BCUT2D eigenvalue weighted by molar-refractivity contribution is -0.115. The van der Waals surface area contributed by atoms with Gasteiger partial charge in [-0.3, -0.25) is 4.79 Å². The summed E-state index contributed by atoms with van der Waals surface area (Å²) in [6, 6.07) is 19.4. The lowest BCUT2D eigenvalue weighted by Gasteiger charge is -2.07. The monoisotopic (exact) mass is 443 g/mol. The molecule has 0 bridgehead atoms. The molecule has 5 rings (SSSR count). The molecule has 8 heteroatoms. The summed E-state index contributed by atoms with van der Waals surface area (Å²) in [5.41, 5.74) is 6.39. The van der Waals surface area contributed by atoms with Crippen LogP contribution in [0.25, 0.3) is 27.3 Å².